The molecule has 0 spiro atoms. The molecule has 0 aliphatic heterocycles. The third kappa shape index (κ3) is 2.66. The Kier molecular flexibility index (Phi) is 3.14. The molecule has 0 bridgehead atoms. The van der Waals surface area contributed by atoms with Crippen molar-refractivity contribution in [1.29, 1.82) is 0 Å². The number of nitrogens with one attached hydrogen (secondary N) is 1. The molecule has 0 unspecified atom stereocenters. The fourth-order valence-corrected chi connectivity index (χ4v) is 1.43. The maximum absolute atomic E-state index is 13.5. The Balaban J connectivity index is 2.32. The van der Waals surface area contributed by atoms with E-state index in [9.17, 15) is 9.18 Å². The van der Waals surface area contributed by atoms with E-state index in [-0.39, 0.29) is 11.5 Å². The van der Waals surface area contributed by atoms with Gasteiger partial charge in [0.05, 0.1) is 17.6 Å². The van der Waals surface area contributed by atoms with E-state index in [0.29, 0.717) is 11.3 Å². The van der Waals surface area contributed by atoms with Crippen molar-refractivity contribution in [3.63, 3.8) is 0 Å². The van der Waals surface area contributed by atoms with E-state index in [2.05, 4.69) is 10.3 Å². The van der Waals surface area contributed by atoms with Crippen LogP contribution < -0.4 is 5.32 Å². The van der Waals surface area contributed by atoms with Crippen molar-refractivity contribution in [2.75, 3.05) is 5.32 Å². The second-order valence-corrected chi connectivity index (χ2v) is 3.62. The summed E-state index contributed by atoms with van der Waals surface area (Å²) in [6, 6.07) is 7.74. The standard InChI is InChI=1S/C13H11FN2O/c1-9(17)10-4-5-12(14)13(7-10)16-11-3-2-6-15-8-11/h2-8,16H,1H3. The molecule has 3 nitrogen and oxygen atoms in total. The molecule has 1 N–H and O–H groups in total. The number of rotatable bonds is 3. The van der Waals surface area contributed by atoms with Gasteiger partial charge in [0.15, 0.2) is 5.78 Å². The summed E-state index contributed by atoms with van der Waals surface area (Å²) in [5.74, 6) is -0.502. The predicted octanol–water partition coefficient (Wildman–Crippen LogP) is 3.17. The fourth-order valence-electron chi connectivity index (χ4n) is 1.43. The Morgan fingerprint density at radius 3 is 2.82 bits per heavy atom. The molecule has 0 saturated heterocycles. The Morgan fingerprint density at radius 1 is 1.35 bits per heavy atom. The topological polar surface area (TPSA) is 42.0 Å². The van der Waals surface area contributed by atoms with Crippen LogP contribution >= 0.6 is 0 Å². The summed E-state index contributed by atoms with van der Waals surface area (Å²) in [5.41, 5.74) is 1.41. The lowest BCUT2D eigenvalue weighted by Gasteiger charge is -2.08. The molecule has 1 aromatic heterocycles. The molecule has 4 heteroatoms. The summed E-state index contributed by atoms with van der Waals surface area (Å²) in [6.07, 6.45) is 3.22. The van der Waals surface area contributed by atoms with E-state index in [4.69, 9.17) is 0 Å². The zero-order chi connectivity index (χ0) is 12.3. The summed E-state index contributed by atoms with van der Waals surface area (Å²) < 4.78 is 13.5. The van der Waals surface area contributed by atoms with Gasteiger partial charge in [0.2, 0.25) is 0 Å². The lowest BCUT2D eigenvalue weighted by Crippen LogP contribution is -1.98. The Morgan fingerprint density at radius 2 is 2.18 bits per heavy atom. The summed E-state index contributed by atoms with van der Waals surface area (Å²) >= 11 is 0. The van der Waals surface area contributed by atoms with Gasteiger partial charge in [-0.15, -0.1) is 0 Å². The number of hydrogen-bond donors (Lipinski definition) is 1. The number of hydrogen-bond acceptors (Lipinski definition) is 3. The molecule has 1 aromatic carbocycles. The van der Waals surface area contributed by atoms with Crippen LogP contribution in [0.25, 0.3) is 0 Å². The lowest BCUT2D eigenvalue weighted by atomic mass is 10.1. The van der Waals surface area contributed by atoms with Crippen LogP contribution in [0.15, 0.2) is 42.7 Å². The number of benzene rings is 1. The van der Waals surface area contributed by atoms with Gasteiger partial charge in [-0.2, -0.15) is 0 Å². The van der Waals surface area contributed by atoms with Gasteiger partial charge in [-0.1, -0.05) is 0 Å². The number of halogens is 1. The number of ketones is 1. The predicted molar refractivity (Wildman–Crippen MR) is 63.9 cm³/mol. The highest BCUT2D eigenvalue weighted by Crippen LogP contribution is 2.20. The molecule has 0 amide bonds. The van der Waals surface area contributed by atoms with Crippen molar-refractivity contribution < 1.29 is 9.18 Å². The number of Topliss-reactive ketones (excluding diaryl/α,β-unsaturated/α-hetero) is 1. The molecule has 0 aliphatic carbocycles. The van der Waals surface area contributed by atoms with Gasteiger partial charge in [0.25, 0.3) is 0 Å². The largest absolute Gasteiger partial charge is 0.352 e. The minimum atomic E-state index is -0.404. The SMILES string of the molecule is CC(=O)c1ccc(F)c(Nc2cccnc2)c1. The summed E-state index contributed by atoms with van der Waals surface area (Å²) in [4.78, 5) is 15.1. The number of anilines is 2. The molecular weight excluding hydrogens is 219 g/mol. The van der Waals surface area contributed by atoms with E-state index in [1.165, 1.54) is 25.1 Å². The third-order valence-corrected chi connectivity index (χ3v) is 2.31. The third-order valence-electron chi connectivity index (χ3n) is 2.31. The van der Waals surface area contributed by atoms with Crippen LogP contribution in [0.4, 0.5) is 15.8 Å². The number of carbonyl (C=O) groups is 1. The van der Waals surface area contributed by atoms with Crippen LogP contribution in [-0.2, 0) is 0 Å². The zero-order valence-electron chi connectivity index (χ0n) is 9.27. The highest BCUT2D eigenvalue weighted by molar-refractivity contribution is 5.95. The second kappa shape index (κ2) is 4.74. The molecule has 86 valence electrons. The van der Waals surface area contributed by atoms with Gasteiger partial charge >= 0.3 is 0 Å². The number of aromatic nitrogens is 1. The second-order valence-electron chi connectivity index (χ2n) is 3.62. The van der Waals surface area contributed by atoms with Crippen molar-refractivity contribution in [3.05, 3.63) is 54.1 Å². The monoisotopic (exact) mass is 230 g/mol. The molecule has 2 rings (SSSR count). The van der Waals surface area contributed by atoms with Crippen molar-refractivity contribution in [1.82, 2.24) is 4.98 Å². The van der Waals surface area contributed by atoms with E-state index in [0.717, 1.165) is 0 Å². The van der Waals surface area contributed by atoms with Gasteiger partial charge in [-0.3, -0.25) is 9.78 Å². The molecular formula is C13H11FN2O. The molecule has 1 heterocycles. The minimum absolute atomic E-state index is 0.0979. The van der Waals surface area contributed by atoms with Crippen molar-refractivity contribution in [2.45, 2.75) is 6.92 Å². The molecule has 0 radical (unpaired) electrons. The highest BCUT2D eigenvalue weighted by Gasteiger charge is 2.06. The van der Waals surface area contributed by atoms with Gasteiger partial charge in [-0.25, -0.2) is 4.39 Å². The molecule has 0 fully saturated rings. The fraction of sp³-hybridized carbons (Fsp3) is 0.0769. The van der Waals surface area contributed by atoms with E-state index in [1.807, 2.05) is 0 Å². The summed E-state index contributed by atoms with van der Waals surface area (Å²) in [5, 5.41) is 2.88. The van der Waals surface area contributed by atoms with Gasteiger partial charge in [0.1, 0.15) is 5.82 Å². The average Bonchev–Trinajstić information content (AvgIpc) is 2.33. The van der Waals surface area contributed by atoms with Crippen molar-refractivity contribution >= 4 is 17.2 Å². The van der Waals surface area contributed by atoms with Crippen LogP contribution in [0.2, 0.25) is 0 Å². The number of carbonyl (C=O) groups excluding carboxylic acids is 1. The zero-order valence-corrected chi connectivity index (χ0v) is 9.27. The first-order valence-electron chi connectivity index (χ1n) is 5.14. The average molecular weight is 230 g/mol. The highest BCUT2D eigenvalue weighted by atomic mass is 19.1. The van der Waals surface area contributed by atoms with Gasteiger partial charge in [0, 0.05) is 11.8 Å². The Hall–Kier alpha value is -2.23. The Bertz CT molecular complexity index is 540. The first kappa shape index (κ1) is 11.3. The van der Waals surface area contributed by atoms with Crippen LogP contribution in [0.3, 0.4) is 0 Å². The first-order chi connectivity index (χ1) is 8.16. The Labute approximate surface area is 98.3 Å². The van der Waals surface area contributed by atoms with Crippen LogP contribution in [0, 0.1) is 5.82 Å². The van der Waals surface area contributed by atoms with E-state index < -0.39 is 5.82 Å². The number of pyridine rings is 1. The summed E-state index contributed by atoms with van der Waals surface area (Å²) in [7, 11) is 0. The molecule has 17 heavy (non-hydrogen) atoms. The number of nitrogens with zero attached hydrogens (tertiary/aromatic N) is 1. The smallest absolute Gasteiger partial charge is 0.159 e. The van der Waals surface area contributed by atoms with E-state index in [1.54, 1.807) is 24.5 Å². The van der Waals surface area contributed by atoms with Crippen LogP contribution in [0.5, 0.6) is 0 Å². The minimum Gasteiger partial charge on any atom is -0.352 e. The molecule has 0 atom stereocenters. The van der Waals surface area contributed by atoms with Crippen molar-refractivity contribution in [2.24, 2.45) is 0 Å². The molecule has 2 aromatic rings. The van der Waals surface area contributed by atoms with Gasteiger partial charge < -0.3 is 5.32 Å². The lowest BCUT2D eigenvalue weighted by molar-refractivity contribution is 0.101. The maximum Gasteiger partial charge on any atom is 0.159 e. The quantitative estimate of drug-likeness (QED) is 0.823. The van der Waals surface area contributed by atoms with E-state index >= 15 is 0 Å². The van der Waals surface area contributed by atoms with Crippen LogP contribution in [0.1, 0.15) is 17.3 Å². The summed E-state index contributed by atoms with van der Waals surface area (Å²) in [6.45, 7) is 1.45. The van der Waals surface area contributed by atoms with Gasteiger partial charge in [-0.05, 0) is 37.3 Å². The van der Waals surface area contributed by atoms with Crippen LogP contribution in [-0.4, -0.2) is 10.8 Å². The first-order valence-corrected chi connectivity index (χ1v) is 5.14. The maximum atomic E-state index is 13.5. The van der Waals surface area contributed by atoms with Crippen molar-refractivity contribution in [3.8, 4) is 0 Å². The molecule has 0 aliphatic rings. The normalized spacial score (nSPS) is 10.0. The molecule has 0 saturated carbocycles.